The lowest BCUT2D eigenvalue weighted by Gasteiger charge is -2.33. The smallest absolute Gasteiger partial charge is 0.325 e. The van der Waals surface area contributed by atoms with Crippen LogP contribution in [0.3, 0.4) is 0 Å². The summed E-state index contributed by atoms with van der Waals surface area (Å²) in [7, 11) is 2.11. The molecule has 3 N–H and O–H groups in total. The number of anilines is 4. The molecular formula is C22H26N8O2. The summed E-state index contributed by atoms with van der Waals surface area (Å²) >= 11 is 0. The summed E-state index contributed by atoms with van der Waals surface area (Å²) in [6.07, 6.45) is 1.22. The minimum absolute atomic E-state index is 0.225. The molecule has 1 aliphatic heterocycles. The van der Waals surface area contributed by atoms with Gasteiger partial charge < -0.3 is 25.2 Å². The lowest BCUT2D eigenvalue weighted by atomic mass is 10.3. The quantitative estimate of drug-likeness (QED) is 0.487. The van der Waals surface area contributed by atoms with Gasteiger partial charge in [-0.2, -0.15) is 15.1 Å². The molecule has 3 aromatic rings. The van der Waals surface area contributed by atoms with Gasteiger partial charge in [0.05, 0.1) is 5.69 Å². The van der Waals surface area contributed by atoms with Crippen molar-refractivity contribution in [3.05, 3.63) is 54.7 Å². The Hall–Kier alpha value is -3.92. The van der Waals surface area contributed by atoms with Gasteiger partial charge in [-0.25, -0.2) is 0 Å². The normalized spacial score (nSPS) is 14.1. The maximum absolute atomic E-state index is 11.5. The lowest BCUT2D eigenvalue weighted by molar-refractivity contribution is -0.111. The van der Waals surface area contributed by atoms with E-state index < -0.39 is 0 Å². The van der Waals surface area contributed by atoms with Crippen LogP contribution in [0.1, 0.15) is 5.69 Å². The molecule has 0 bridgehead atoms. The fraction of sp³-hybridized carbons (Fsp3) is 0.273. The molecule has 0 aliphatic carbocycles. The molecule has 1 saturated heterocycles. The van der Waals surface area contributed by atoms with Crippen LogP contribution in [0.25, 0.3) is 0 Å². The molecule has 1 aromatic carbocycles. The van der Waals surface area contributed by atoms with Gasteiger partial charge in [0.15, 0.2) is 0 Å². The summed E-state index contributed by atoms with van der Waals surface area (Å²) in [4.78, 5) is 25.1. The third-order valence-electron chi connectivity index (χ3n) is 5.00. The Morgan fingerprint density at radius 2 is 1.91 bits per heavy atom. The zero-order valence-electron chi connectivity index (χ0n) is 18.1. The number of carbonyl (C=O) groups excluding carboxylic acids is 1. The molecule has 1 fully saturated rings. The highest BCUT2D eigenvalue weighted by atomic mass is 16.5. The average Bonchev–Trinajstić information content (AvgIpc) is 3.19. The van der Waals surface area contributed by atoms with Crippen LogP contribution in [0.2, 0.25) is 0 Å². The first-order valence-corrected chi connectivity index (χ1v) is 10.3. The van der Waals surface area contributed by atoms with Crippen molar-refractivity contribution < 1.29 is 9.53 Å². The number of nitrogens with one attached hydrogen (secondary N) is 3. The highest BCUT2D eigenvalue weighted by Gasteiger charge is 2.18. The van der Waals surface area contributed by atoms with Crippen molar-refractivity contribution in [2.24, 2.45) is 0 Å². The molecule has 10 nitrogen and oxygen atoms in total. The van der Waals surface area contributed by atoms with E-state index in [1.54, 1.807) is 24.3 Å². The van der Waals surface area contributed by atoms with Crippen LogP contribution >= 0.6 is 0 Å². The van der Waals surface area contributed by atoms with Crippen LogP contribution in [0.15, 0.2) is 49.1 Å². The molecule has 10 heteroatoms. The topological polar surface area (TPSA) is 111 Å². The highest BCUT2D eigenvalue weighted by molar-refractivity contribution is 5.98. The van der Waals surface area contributed by atoms with E-state index in [0.717, 1.165) is 43.5 Å². The second-order valence-electron chi connectivity index (χ2n) is 7.55. The number of benzene rings is 1. The standard InChI is InChI=1S/C22H26N8O2/c1-4-21(31)23-16-5-7-17(8-6-16)32-22-25-18(24-19-13-15(2)27-28-19)14-20(26-22)30-11-9-29(3)10-12-30/h4-8,13-14H,1,9-12H2,2-3H3,(H,23,31)(H2,24,25,26,27,28). The largest absolute Gasteiger partial charge is 0.424 e. The number of H-pyrrole nitrogens is 1. The summed E-state index contributed by atoms with van der Waals surface area (Å²) in [5.74, 6) is 2.41. The molecule has 1 aliphatic rings. The summed E-state index contributed by atoms with van der Waals surface area (Å²) in [6.45, 7) is 9.01. The number of aromatic amines is 1. The SMILES string of the molecule is C=CC(=O)Nc1ccc(Oc2nc(Nc3cc(C)n[nH]3)cc(N3CCN(C)CC3)n2)cc1. The van der Waals surface area contributed by atoms with Gasteiger partial charge in [-0.3, -0.25) is 9.89 Å². The number of ether oxygens (including phenoxy) is 1. The molecule has 3 heterocycles. The first kappa shape index (κ1) is 21.3. The number of likely N-dealkylation sites (N-methyl/N-ethyl adjacent to an activating group) is 1. The molecule has 0 atom stereocenters. The second kappa shape index (κ2) is 9.48. The number of hydrogen-bond acceptors (Lipinski definition) is 8. The molecule has 1 amide bonds. The minimum atomic E-state index is -0.272. The lowest BCUT2D eigenvalue weighted by Crippen LogP contribution is -2.44. The van der Waals surface area contributed by atoms with Gasteiger partial charge in [0, 0.05) is 44.0 Å². The van der Waals surface area contributed by atoms with E-state index >= 15 is 0 Å². The molecule has 4 rings (SSSR count). The van der Waals surface area contributed by atoms with Gasteiger partial charge in [0.2, 0.25) is 5.91 Å². The Morgan fingerprint density at radius 1 is 1.16 bits per heavy atom. The molecule has 2 aromatic heterocycles. The van der Waals surface area contributed by atoms with E-state index in [2.05, 4.69) is 54.2 Å². The Kier molecular flexibility index (Phi) is 6.31. The number of aromatic nitrogens is 4. The number of rotatable bonds is 7. The van der Waals surface area contributed by atoms with Gasteiger partial charge in [0.25, 0.3) is 0 Å². The molecule has 0 unspecified atom stereocenters. The van der Waals surface area contributed by atoms with Crippen molar-refractivity contribution in [3.8, 4) is 11.8 Å². The van der Waals surface area contributed by atoms with Crippen LogP contribution in [0, 0.1) is 6.92 Å². The van der Waals surface area contributed by atoms with Crippen LogP contribution in [-0.4, -0.2) is 64.2 Å². The number of carbonyl (C=O) groups is 1. The third-order valence-corrected chi connectivity index (χ3v) is 5.00. The van der Waals surface area contributed by atoms with Crippen LogP contribution < -0.4 is 20.3 Å². The van der Waals surface area contributed by atoms with Crippen molar-refractivity contribution >= 4 is 29.0 Å². The second-order valence-corrected chi connectivity index (χ2v) is 7.55. The van der Waals surface area contributed by atoms with Gasteiger partial charge in [0.1, 0.15) is 23.2 Å². The Morgan fingerprint density at radius 3 is 2.56 bits per heavy atom. The predicted octanol–water partition coefficient (Wildman–Crippen LogP) is 2.92. The third kappa shape index (κ3) is 5.41. The molecule has 0 radical (unpaired) electrons. The number of nitrogens with zero attached hydrogens (tertiary/aromatic N) is 5. The first-order chi connectivity index (χ1) is 15.5. The fourth-order valence-electron chi connectivity index (χ4n) is 3.25. The Bertz CT molecular complexity index is 1090. The van der Waals surface area contributed by atoms with E-state index in [1.807, 2.05) is 19.1 Å². The molecule has 0 saturated carbocycles. The van der Waals surface area contributed by atoms with Crippen molar-refractivity contribution in [2.75, 3.05) is 48.8 Å². The minimum Gasteiger partial charge on any atom is -0.424 e. The predicted molar refractivity (Wildman–Crippen MR) is 124 cm³/mol. The van der Waals surface area contributed by atoms with E-state index in [0.29, 0.717) is 17.3 Å². The summed E-state index contributed by atoms with van der Waals surface area (Å²) in [6, 6.07) is 11.0. The van der Waals surface area contributed by atoms with Crippen LogP contribution in [-0.2, 0) is 4.79 Å². The molecular weight excluding hydrogens is 408 g/mol. The average molecular weight is 435 g/mol. The Balaban J connectivity index is 1.56. The molecule has 32 heavy (non-hydrogen) atoms. The summed E-state index contributed by atoms with van der Waals surface area (Å²) in [5.41, 5.74) is 1.52. The van der Waals surface area contributed by atoms with Crippen molar-refractivity contribution in [1.29, 1.82) is 0 Å². The zero-order valence-corrected chi connectivity index (χ0v) is 18.1. The number of aryl methyl sites for hydroxylation is 1. The molecule has 166 valence electrons. The number of piperazine rings is 1. The van der Waals surface area contributed by atoms with Gasteiger partial charge >= 0.3 is 6.01 Å². The van der Waals surface area contributed by atoms with Crippen molar-refractivity contribution in [2.45, 2.75) is 6.92 Å². The number of hydrogen-bond donors (Lipinski definition) is 3. The monoisotopic (exact) mass is 434 g/mol. The van der Waals surface area contributed by atoms with Crippen LogP contribution in [0.5, 0.6) is 11.8 Å². The Labute approximate surface area is 186 Å². The first-order valence-electron chi connectivity index (χ1n) is 10.3. The van der Waals surface area contributed by atoms with E-state index in [-0.39, 0.29) is 11.9 Å². The van der Waals surface area contributed by atoms with Crippen LogP contribution in [0.4, 0.5) is 23.1 Å². The van der Waals surface area contributed by atoms with Gasteiger partial charge in [-0.15, -0.1) is 0 Å². The van der Waals surface area contributed by atoms with E-state index in [9.17, 15) is 4.79 Å². The van der Waals surface area contributed by atoms with E-state index in [4.69, 9.17) is 4.74 Å². The summed E-state index contributed by atoms with van der Waals surface area (Å²) in [5, 5.41) is 13.0. The summed E-state index contributed by atoms with van der Waals surface area (Å²) < 4.78 is 5.94. The highest BCUT2D eigenvalue weighted by Crippen LogP contribution is 2.26. The van der Waals surface area contributed by atoms with Crippen molar-refractivity contribution in [3.63, 3.8) is 0 Å². The zero-order chi connectivity index (χ0) is 22.5. The van der Waals surface area contributed by atoms with Gasteiger partial charge in [-0.05, 0) is 44.3 Å². The van der Waals surface area contributed by atoms with Gasteiger partial charge in [-0.1, -0.05) is 6.58 Å². The van der Waals surface area contributed by atoms with Crippen molar-refractivity contribution in [1.82, 2.24) is 25.1 Å². The fourth-order valence-corrected chi connectivity index (χ4v) is 3.25. The maximum Gasteiger partial charge on any atom is 0.325 e. The number of amides is 1. The van der Waals surface area contributed by atoms with E-state index in [1.165, 1.54) is 6.08 Å². The molecule has 0 spiro atoms. The maximum atomic E-state index is 11.5.